The number of hydrogen-bond acceptors (Lipinski definition) is 2. The third kappa shape index (κ3) is 2.99. The molecule has 2 aromatic rings. The van der Waals surface area contributed by atoms with E-state index in [-0.39, 0.29) is 5.54 Å². The van der Waals surface area contributed by atoms with Crippen LogP contribution < -0.4 is 0 Å². The van der Waals surface area contributed by atoms with E-state index >= 15 is 0 Å². The van der Waals surface area contributed by atoms with Crippen molar-refractivity contribution in [2.45, 2.75) is 53.5 Å². The van der Waals surface area contributed by atoms with Crippen LogP contribution in [0, 0.1) is 26.7 Å². The zero-order valence-corrected chi connectivity index (χ0v) is 16.6. The molecule has 0 aromatic heterocycles. The van der Waals surface area contributed by atoms with Gasteiger partial charge in [0.25, 0.3) is 0 Å². The first kappa shape index (κ1) is 17.7. The summed E-state index contributed by atoms with van der Waals surface area (Å²) in [6.07, 6.45) is 3.08. The normalized spacial score (nSPS) is 19.4. The van der Waals surface area contributed by atoms with Crippen LogP contribution in [0.4, 0.5) is 5.69 Å². The summed E-state index contributed by atoms with van der Waals surface area (Å²) in [6.45, 7) is 13.5. The lowest BCUT2D eigenvalue weighted by Gasteiger charge is -2.43. The Labute approximate surface area is 152 Å². The fourth-order valence-corrected chi connectivity index (χ4v) is 4.03. The molecule has 0 amide bonds. The fraction of sp³-hybridized carbons (Fsp3) is 0.435. The number of aliphatic imine (C=N–C) groups is 1. The molecule has 1 unspecified atom stereocenters. The van der Waals surface area contributed by atoms with Crippen LogP contribution in [0.25, 0.3) is 0 Å². The Hall–Kier alpha value is -2.09. The minimum atomic E-state index is -0.200. The van der Waals surface area contributed by atoms with Gasteiger partial charge in [-0.15, -0.1) is 0 Å². The highest BCUT2D eigenvalue weighted by molar-refractivity contribution is 5.72. The number of aryl methyl sites for hydroxylation is 2. The summed E-state index contributed by atoms with van der Waals surface area (Å²) in [6, 6.07) is 11.4. The van der Waals surface area contributed by atoms with E-state index in [2.05, 4.69) is 83.8 Å². The van der Waals surface area contributed by atoms with Crippen LogP contribution in [-0.4, -0.2) is 18.3 Å². The molecule has 2 aromatic carbocycles. The molecule has 25 heavy (non-hydrogen) atoms. The number of hydrogen-bond donors (Lipinski definition) is 0. The molecule has 3 rings (SSSR count). The van der Waals surface area contributed by atoms with Crippen molar-refractivity contribution in [1.29, 1.82) is 0 Å². The zero-order chi connectivity index (χ0) is 18.4. The molecule has 0 saturated carbocycles. The maximum absolute atomic E-state index is 4.74. The zero-order valence-electron chi connectivity index (χ0n) is 16.6. The topological polar surface area (TPSA) is 15.6 Å². The molecule has 132 valence electrons. The van der Waals surface area contributed by atoms with Gasteiger partial charge in [0, 0.05) is 12.6 Å². The van der Waals surface area contributed by atoms with Crippen molar-refractivity contribution in [3.8, 4) is 0 Å². The van der Waals surface area contributed by atoms with Gasteiger partial charge < -0.3 is 4.90 Å². The van der Waals surface area contributed by atoms with Gasteiger partial charge in [-0.1, -0.05) is 43.7 Å². The Morgan fingerprint density at radius 3 is 2.44 bits per heavy atom. The molecule has 0 bridgehead atoms. The van der Waals surface area contributed by atoms with Gasteiger partial charge in [0.1, 0.15) is 0 Å². The molecule has 0 spiro atoms. The minimum Gasteiger partial charge on any atom is -0.352 e. The number of fused-ring (bicyclic) bond motifs is 1. The van der Waals surface area contributed by atoms with Crippen LogP contribution in [0.2, 0.25) is 0 Å². The van der Waals surface area contributed by atoms with Crippen LogP contribution in [0.15, 0.2) is 35.3 Å². The molecular weight excluding hydrogens is 304 g/mol. The predicted octanol–water partition coefficient (Wildman–Crippen LogP) is 5.68. The third-order valence-corrected chi connectivity index (χ3v) is 5.64. The van der Waals surface area contributed by atoms with Crippen LogP contribution in [-0.2, 0) is 12.0 Å². The van der Waals surface area contributed by atoms with Crippen LogP contribution in [0.3, 0.4) is 0 Å². The van der Waals surface area contributed by atoms with Crippen molar-refractivity contribution >= 4 is 12.0 Å². The lowest BCUT2D eigenvalue weighted by molar-refractivity contribution is 0.290. The first-order chi connectivity index (χ1) is 11.7. The maximum atomic E-state index is 4.74. The van der Waals surface area contributed by atoms with Crippen LogP contribution >= 0.6 is 0 Å². The van der Waals surface area contributed by atoms with Gasteiger partial charge in [0.2, 0.25) is 0 Å². The van der Waals surface area contributed by atoms with E-state index in [1.165, 1.54) is 33.4 Å². The lowest BCUT2D eigenvalue weighted by Crippen LogP contribution is -2.44. The Morgan fingerprint density at radius 1 is 1.04 bits per heavy atom. The Bertz CT molecular complexity index is 832. The van der Waals surface area contributed by atoms with Gasteiger partial charge in [-0.2, -0.15) is 0 Å². The SMILES string of the molecule is Cc1cc(C)c(C)c(C2(C)c3ccc(CC(C)C)cc3N=CN2C)c1. The smallest absolute Gasteiger partial charge is 0.0919 e. The van der Waals surface area contributed by atoms with Crippen molar-refractivity contribution in [3.63, 3.8) is 0 Å². The second-order valence-electron chi connectivity index (χ2n) is 8.13. The highest BCUT2D eigenvalue weighted by Crippen LogP contribution is 2.44. The van der Waals surface area contributed by atoms with E-state index in [9.17, 15) is 0 Å². The van der Waals surface area contributed by atoms with Crippen LogP contribution in [0.1, 0.15) is 54.2 Å². The van der Waals surface area contributed by atoms with E-state index in [1.54, 1.807) is 0 Å². The standard InChI is InChI=1S/C23H30N2/c1-15(2)10-19-8-9-20-22(13-19)24-14-25(7)23(20,6)21-12-16(3)11-17(4)18(21)5/h8-9,11-15H,10H2,1-7H3. The Balaban J connectivity index is 2.19. The van der Waals surface area contributed by atoms with Crippen molar-refractivity contribution < 1.29 is 0 Å². The van der Waals surface area contributed by atoms with Crippen molar-refractivity contribution in [3.05, 3.63) is 63.7 Å². The number of benzene rings is 2. The van der Waals surface area contributed by atoms with Gasteiger partial charge in [0.15, 0.2) is 0 Å². The van der Waals surface area contributed by atoms with Gasteiger partial charge in [-0.05, 0) is 68.4 Å². The van der Waals surface area contributed by atoms with E-state index in [1.807, 2.05) is 6.34 Å². The predicted molar refractivity (Wildman–Crippen MR) is 108 cm³/mol. The monoisotopic (exact) mass is 334 g/mol. The number of nitrogens with zero attached hydrogens (tertiary/aromatic N) is 2. The quantitative estimate of drug-likeness (QED) is 0.705. The van der Waals surface area contributed by atoms with Crippen LogP contribution in [0.5, 0.6) is 0 Å². The molecule has 1 heterocycles. The summed E-state index contributed by atoms with van der Waals surface area (Å²) >= 11 is 0. The highest BCUT2D eigenvalue weighted by atomic mass is 15.2. The molecule has 1 aliphatic heterocycles. The Morgan fingerprint density at radius 2 is 1.76 bits per heavy atom. The van der Waals surface area contributed by atoms with Crippen molar-refractivity contribution in [1.82, 2.24) is 4.90 Å². The summed E-state index contributed by atoms with van der Waals surface area (Å²) in [5.41, 5.74) is 8.97. The first-order valence-corrected chi connectivity index (χ1v) is 9.22. The molecular formula is C23H30N2. The molecule has 0 N–H and O–H groups in total. The van der Waals surface area contributed by atoms with Crippen molar-refractivity contribution in [2.24, 2.45) is 10.9 Å². The lowest BCUT2D eigenvalue weighted by atomic mass is 9.77. The summed E-state index contributed by atoms with van der Waals surface area (Å²) in [7, 11) is 2.13. The van der Waals surface area contributed by atoms with Crippen molar-refractivity contribution in [2.75, 3.05) is 7.05 Å². The van der Waals surface area contributed by atoms with Gasteiger partial charge in [-0.3, -0.25) is 0 Å². The molecule has 2 heteroatoms. The second-order valence-corrected chi connectivity index (χ2v) is 8.13. The molecule has 1 atom stereocenters. The molecule has 0 aliphatic carbocycles. The summed E-state index contributed by atoms with van der Waals surface area (Å²) in [5, 5.41) is 0. The minimum absolute atomic E-state index is 0.200. The molecule has 0 saturated heterocycles. The van der Waals surface area contributed by atoms with E-state index in [0.717, 1.165) is 12.1 Å². The maximum Gasteiger partial charge on any atom is 0.0919 e. The summed E-state index contributed by atoms with van der Waals surface area (Å²) in [5.74, 6) is 0.654. The van der Waals surface area contributed by atoms with E-state index in [4.69, 9.17) is 4.99 Å². The molecule has 0 fully saturated rings. The highest BCUT2D eigenvalue weighted by Gasteiger charge is 2.38. The fourth-order valence-electron chi connectivity index (χ4n) is 4.03. The van der Waals surface area contributed by atoms with Gasteiger partial charge >= 0.3 is 0 Å². The summed E-state index contributed by atoms with van der Waals surface area (Å²) < 4.78 is 0. The Kier molecular flexibility index (Phi) is 4.49. The van der Waals surface area contributed by atoms with E-state index in [0.29, 0.717) is 5.92 Å². The van der Waals surface area contributed by atoms with E-state index < -0.39 is 0 Å². The molecule has 2 nitrogen and oxygen atoms in total. The first-order valence-electron chi connectivity index (χ1n) is 9.22. The summed E-state index contributed by atoms with van der Waals surface area (Å²) in [4.78, 5) is 6.99. The second kappa shape index (κ2) is 6.33. The van der Waals surface area contributed by atoms with Gasteiger partial charge in [-0.25, -0.2) is 4.99 Å². The third-order valence-electron chi connectivity index (χ3n) is 5.64. The average molecular weight is 335 g/mol. The molecule has 1 aliphatic rings. The largest absolute Gasteiger partial charge is 0.352 e. The van der Waals surface area contributed by atoms with Gasteiger partial charge in [0.05, 0.1) is 17.6 Å². The average Bonchev–Trinajstić information content (AvgIpc) is 2.54. The number of rotatable bonds is 3. The molecule has 0 radical (unpaired) electrons.